The lowest BCUT2D eigenvalue weighted by Crippen LogP contribution is -2.43. The molecule has 0 spiro atoms. The molecule has 130 valence electrons. The standard InChI is InChI=1S/C16H18N6O2S/c23-25(24,20-12-1-6-15-16(11-12)19-21-18-15)14-4-2-13(3-5-14)22-9-7-17-8-10-22/h1-6,11,17,20H,7-10H2,(H,18,19,21). The van der Waals surface area contributed by atoms with Crippen molar-refractivity contribution >= 4 is 32.4 Å². The summed E-state index contributed by atoms with van der Waals surface area (Å²) >= 11 is 0. The number of benzene rings is 2. The van der Waals surface area contributed by atoms with Crippen LogP contribution < -0.4 is 14.9 Å². The van der Waals surface area contributed by atoms with Crippen molar-refractivity contribution in [1.29, 1.82) is 0 Å². The molecule has 1 aliphatic rings. The molecule has 0 aliphatic carbocycles. The van der Waals surface area contributed by atoms with Gasteiger partial charge in [0.25, 0.3) is 10.0 Å². The number of fused-ring (bicyclic) bond motifs is 1. The SMILES string of the molecule is O=S(=O)(Nc1ccc2[nH]nnc2c1)c1ccc(N2CCNCC2)cc1. The van der Waals surface area contributed by atoms with E-state index in [1.807, 2.05) is 12.1 Å². The lowest BCUT2D eigenvalue weighted by atomic mass is 10.2. The van der Waals surface area contributed by atoms with Gasteiger partial charge in [-0.2, -0.15) is 0 Å². The average molecular weight is 358 g/mol. The molecule has 3 N–H and O–H groups in total. The van der Waals surface area contributed by atoms with E-state index < -0.39 is 10.0 Å². The number of hydrogen-bond donors (Lipinski definition) is 3. The van der Waals surface area contributed by atoms with E-state index in [0.29, 0.717) is 11.2 Å². The number of nitrogens with one attached hydrogen (secondary N) is 3. The van der Waals surface area contributed by atoms with Crippen LogP contribution in [0.15, 0.2) is 47.4 Å². The van der Waals surface area contributed by atoms with Crippen molar-refractivity contribution < 1.29 is 8.42 Å². The molecule has 0 atom stereocenters. The lowest BCUT2D eigenvalue weighted by molar-refractivity contribution is 0.589. The van der Waals surface area contributed by atoms with Gasteiger partial charge >= 0.3 is 0 Å². The first-order valence-corrected chi connectivity index (χ1v) is 9.49. The van der Waals surface area contributed by atoms with Gasteiger partial charge in [-0.05, 0) is 42.5 Å². The Bertz CT molecular complexity index is 977. The molecule has 0 saturated carbocycles. The fourth-order valence-corrected chi connectivity index (χ4v) is 3.93. The molecule has 3 aromatic rings. The first-order valence-electron chi connectivity index (χ1n) is 8.01. The number of aromatic amines is 1. The molecule has 2 heterocycles. The quantitative estimate of drug-likeness (QED) is 0.647. The maximum Gasteiger partial charge on any atom is 0.261 e. The number of sulfonamides is 1. The van der Waals surface area contributed by atoms with Gasteiger partial charge in [0.2, 0.25) is 0 Å². The largest absolute Gasteiger partial charge is 0.369 e. The van der Waals surface area contributed by atoms with Crippen molar-refractivity contribution in [3.63, 3.8) is 0 Å². The summed E-state index contributed by atoms with van der Waals surface area (Å²) < 4.78 is 27.8. The molecule has 1 aliphatic heterocycles. The summed E-state index contributed by atoms with van der Waals surface area (Å²) in [6.07, 6.45) is 0. The van der Waals surface area contributed by atoms with Gasteiger partial charge in [-0.1, -0.05) is 5.21 Å². The van der Waals surface area contributed by atoms with Crippen LogP contribution in [0.4, 0.5) is 11.4 Å². The monoisotopic (exact) mass is 358 g/mol. The Morgan fingerprint density at radius 2 is 1.80 bits per heavy atom. The van der Waals surface area contributed by atoms with Crippen molar-refractivity contribution in [2.75, 3.05) is 35.8 Å². The highest BCUT2D eigenvalue weighted by Crippen LogP contribution is 2.22. The zero-order chi connectivity index (χ0) is 17.3. The maximum atomic E-state index is 12.6. The topological polar surface area (TPSA) is 103 Å². The van der Waals surface area contributed by atoms with E-state index in [0.717, 1.165) is 37.4 Å². The van der Waals surface area contributed by atoms with Gasteiger partial charge in [0.1, 0.15) is 5.52 Å². The van der Waals surface area contributed by atoms with Crippen LogP contribution in [0.5, 0.6) is 0 Å². The van der Waals surface area contributed by atoms with Gasteiger partial charge < -0.3 is 10.2 Å². The number of rotatable bonds is 4. The van der Waals surface area contributed by atoms with Crippen molar-refractivity contribution in [2.45, 2.75) is 4.90 Å². The lowest BCUT2D eigenvalue weighted by Gasteiger charge is -2.29. The molecule has 4 rings (SSSR count). The maximum absolute atomic E-state index is 12.6. The summed E-state index contributed by atoms with van der Waals surface area (Å²) in [6.45, 7) is 3.71. The third-order valence-electron chi connectivity index (χ3n) is 4.21. The molecular formula is C16H18N6O2S. The third kappa shape index (κ3) is 3.28. The Balaban J connectivity index is 1.54. The van der Waals surface area contributed by atoms with Crippen LogP contribution >= 0.6 is 0 Å². The van der Waals surface area contributed by atoms with Crippen molar-refractivity contribution in [3.05, 3.63) is 42.5 Å². The van der Waals surface area contributed by atoms with Gasteiger partial charge in [-0.25, -0.2) is 8.42 Å². The minimum Gasteiger partial charge on any atom is -0.369 e. The molecule has 1 aromatic heterocycles. The number of piperazine rings is 1. The summed E-state index contributed by atoms with van der Waals surface area (Å²) in [5, 5.41) is 13.6. The molecule has 1 saturated heterocycles. The average Bonchev–Trinajstić information content (AvgIpc) is 3.10. The highest BCUT2D eigenvalue weighted by molar-refractivity contribution is 7.92. The predicted octanol–water partition coefficient (Wildman–Crippen LogP) is 1.17. The van der Waals surface area contributed by atoms with Gasteiger partial charge in [0.05, 0.1) is 16.1 Å². The number of nitrogens with zero attached hydrogens (tertiary/aromatic N) is 3. The second-order valence-electron chi connectivity index (χ2n) is 5.88. The van der Waals surface area contributed by atoms with E-state index in [4.69, 9.17) is 0 Å². The molecule has 0 amide bonds. The van der Waals surface area contributed by atoms with Crippen molar-refractivity contribution in [2.24, 2.45) is 0 Å². The molecule has 25 heavy (non-hydrogen) atoms. The van der Waals surface area contributed by atoms with E-state index >= 15 is 0 Å². The highest BCUT2D eigenvalue weighted by atomic mass is 32.2. The van der Waals surface area contributed by atoms with Crippen LogP contribution in [-0.4, -0.2) is 50.0 Å². The summed E-state index contributed by atoms with van der Waals surface area (Å²) in [5.74, 6) is 0. The zero-order valence-electron chi connectivity index (χ0n) is 13.4. The van der Waals surface area contributed by atoms with E-state index in [1.165, 1.54) is 0 Å². The second-order valence-corrected chi connectivity index (χ2v) is 7.56. The highest BCUT2D eigenvalue weighted by Gasteiger charge is 2.16. The first-order chi connectivity index (χ1) is 12.1. The van der Waals surface area contributed by atoms with Crippen LogP contribution in [0, 0.1) is 0 Å². The van der Waals surface area contributed by atoms with Crippen LogP contribution in [0.2, 0.25) is 0 Å². The van der Waals surface area contributed by atoms with Crippen LogP contribution in [0.1, 0.15) is 0 Å². The Labute approximate surface area is 145 Å². The smallest absolute Gasteiger partial charge is 0.261 e. The van der Waals surface area contributed by atoms with Crippen LogP contribution in [0.25, 0.3) is 11.0 Å². The molecule has 0 bridgehead atoms. The summed E-state index contributed by atoms with van der Waals surface area (Å²) in [7, 11) is -3.65. The van der Waals surface area contributed by atoms with Gasteiger partial charge in [-0.15, -0.1) is 5.10 Å². The first kappa shape index (κ1) is 15.9. The van der Waals surface area contributed by atoms with Crippen molar-refractivity contribution in [1.82, 2.24) is 20.7 Å². The second kappa shape index (κ2) is 6.34. The molecule has 9 heteroatoms. The number of hydrogen-bond acceptors (Lipinski definition) is 6. The number of anilines is 2. The van der Waals surface area contributed by atoms with E-state index in [1.54, 1.807) is 30.3 Å². The van der Waals surface area contributed by atoms with Gasteiger partial charge in [-0.3, -0.25) is 9.82 Å². The molecule has 0 radical (unpaired) electrons. The van der Waals surface area contributed by atoms with Crippen molar-refractivity contribution in [3.8, 4) is 0 Å². The Kier molecular flexibility index (Phi) is 4.02. The summed E-state index contributed by atoms with van der Waals surface area (Å²) in [6, 6.07) is 12.0. The molecule has 2 aromatic carbocycles. The minimum absolute atomic E-state index is 0.228. The Morgan fingerprint density at radius 1 is 1.04 bits per heavy atom. The van der Waals surface area contributed by atoms with Gasteiger partial charge in [0.15, 0.2) is 0 Å². The Morgan fingerprint density at radius 3 is 2.56 bits per heavy atom. The van der Waals surface area contributed by atoms with Gasteiger partial charge in [0, 0.05) is 31.9 Å². The summed E-state index contributed by atoms with van der Waals surface area (Å²) in [5.41, 5.74) is 2.84. The minimum atomic E-state index is -3.65. The fraction of sp³-hybridized carbons (Fsp3) is 0.250. The summed E-state index contributed by atoms with van der Waals surface area (Å²) in [4.78, 5) is 2.46. The number of H-pyrrole nitrogens is 1. The molecule has 0 unspecified atom stereocenters. The molecular weight excluding hydrogens is 340 g/mol. The Hall–Kier alpha value is -2.65. The molecule has 8 nitrogen and oxygen atoms in total. The van der Waals surface area contributed by atoms with Crippen LogP contribution in [-0.2, 0) is 10.0 Å². The zero-order valence-corrected chi connectivity index (χ0v) is 14.3. The van der Waals surface area contributed by atoms with E-state index in [-0.39, 0.29) is 4.90 Å². The van der Waals surface area contributed by atoms with E-state index in [9.17, 15) is 8.42 Å². The predicted molar refractivity (Wildman–Crippen MR) is 96.2 cm³/mol. The van der Waals surface area contributed by atoms with E-state index in [2.05, 4.69) is 30.3 Å². The normalized spacial score (nSPS) is 15.4. The fourth-order valence-electron chi connectivity index (χ4n) is 2.88. The third-order valence-corrected chi connectivity index (χ3v) is 5.60. The van der Waals surface area contributed by atoms with Crippen LogP contribution in [0.3, 0.4) is 0 Å². The number of aromatic nitrogens is 3. The molecule has 1 fully saturated rings.